The van der Waals surface area contributed by atoms with E-state index in [0.29, 0.717) is 12.8 Å². The standard InChI is InChI=1S/C17H15NO2/c19-16-17(18-13-20-16,11-14-7-3-1-4-8-14)12-15-9-5-2-6-10-15/h1-10,13H,11-12H2. The van der Waals surface area contributed by atoms with E-state index >= 15 is 0 Å². The highest BCUT2D eigenvalue weighted by molar-refractivity contribution is 5.92. The summed E-state index contributed by atoms with van der Waals surface area (Å²) in [5.74, 6) is -0.273. The zero-order valence-corrected chi connectivity index (χ0v) is 11.0. The fraction of sp³-hybridized carbons (Fsp3) is 0.176. The Bertz CT molecular complexity index is 578. The van der Waals surface area contributed by atoms with Gasteiger partial charge in [0, 0.05) is 12.8 Å². The Kier molecular flexibility index (Phi) is 3.33. The molecule has 0 aromatic heterocycles. The molecule has 0 N–H and O–H groups in total. The number of aliphatic imine (C=N–C) groups is 1. The van der Waals surface area contributed by atoms with Crippen molar-refractivity contribution in [3.05, 3.63) is 71.8 Å². The minimum absolute atomic E-state index is 0.273. The van der Waals surface area contributed by atoms with Crippen LogP contribution in [0.1, 0.15) is 11.1 Å². The van der Waals surface area contributed by atoms with Crippen molar-refractivity contribution in [2.24, 2.45) is 4.99 Å². The first-order valence-electron chi connectivity index (χ1n) is 6.61. The summed E-state index contributed by atoms with van der Waals surface area (Å²) in [7, 11) is 0. The predicted octanol–water partition coefficient (Wildman–Crippen LogP) is 2.80. The molecule has 2 aromatic carbocycles. The lowest BCUT2D eigenvalue weighted by Crippen LogP contribution is -2.38. The number of hydrogen-bond donors (Lipinski definition) is 0. The molecule has 1 heterocycles. The number of carbonyl (C=O) groups is 1. The predicted molar refractivity (Wildman–Crippen MR) is 77.6 cm³/mol. The van der Waals surface area contributed by atoms with Gasteiger partial charge in [-0.2, -0.15) is 0 Å². The van der Waals surface area contributed by atoms with Crippen LogP contribution in [0.25, 0.3) is 0 Å². The van der Waals surface area contributed by atoms with E-state index in [-0.39, 0.29) is 5.97 Å². The Labute approximate surface area is 117 Å². The molecule has 0 aliphatic carbocycles. The van der Waals surface area contributed by atoms with Gasteiger partial charge in [0.15, 0.2) is 11.9 Å². The van der Waals surface area contributed by atoms with Crippen molar-refractivity contribution >= 4 is 12.4 Å². The number of nitrogens with zero attached hydrogens (tertiary/aromatic N) is 1. The molecule has 3 rings (SSSR count). The molecule has 1 aliphatic heterocycles. The molecule has 0 unspecified atom stereocenters. The number of benzene rings is 2. The van der Waals surface area contributed by atoms with E-state index in [4.69, 9.17) is 4.74 Å². The summed E-state index contributed by atoms with van der Waals surface area (Å²) in [6.45, 7) is 0. The summed E-state index contributed by atoms with van der Waals surface area (Å²) in [5.41, 5.74) is 1.33. The van der Waals surface area contributed by atoms with Gasteiger partial charge < -0.3 is 4.74 Å². The average Bonchev–Trinajstić information content (AvgIpc) is 2.82. The highest BCUT2D eigenvalue weighted by Gasteiger charge is 2.43. The van der Waals surface area contributed by atoms with Crippen LogP contribution in [0.5, 0.6) is 0 Å². The second-order valence-electron chi connectivity index (χ2n) is 5.00. The summed E-state index contributed by atoms with van der Waals surface area (Å²) in [6, 6.07) is 19.8. The molecule has 3 heteroatoms. The fourth-order valence-electron chi connectivity index (χ4n) is 2.50. The Balaban J connectivity index is 1.90. The van der Waals surface area contributed by atoms with Gasteiger partial charge in [0.25, 0.3) is 0 Å². The number of rotatable bonds is 4. The van der Waals surface area contributed by atoms with E-state index in [1.54, 1.807) is 0 Å². The third-order valence-corrected chi connectivity index (χ3v) is 3.52. The van der Waals surface area contributed by atoms with Crippen molar-refractivity contribution in [3.8, 4) is 0 Å². The number of esters is 1. The molecule has 0 radical (unpaired) electrons. The highest BCUT2D eigenvalue weighted by Crippen LogP contribution is 2.27. The summed E-state index contributed by atoms with van der Waals surface area (Å²) in [4.78, 5) is 16.5. The Morgan fingerprint density at radius 3 is 1.75 bits per heavy atom. The van der Waals surface area contributed by atoms with Gasteiger partial charge in [0.1, 0.15) is 0 Å². The first-order chi connectivity index (χ1) is 9.78. The molecule has 0 saturated carbocycles. The molecular formula is C17H15NO2. The normalized spacial score (nSPS) is 16.1. The molecule has 0 atom stereocenters. The van der Waals surface area contributed by atoms with Crippen LogP contribution >= 0.6 is 0 Å². The molecule has 3 nitrogen and oxygen atoms in total. The van der Waals surface area contributed by atoms with E-state index in [9.17, 15) is 4.79 Å². The third-order valence-electron chi connectivity index (χ3n) is 3.52. The highest BCUT2D eigenvalue weighted by atomic mass is 16.5. The van der Waals surface area contributed by atoms with Gasteiger partial charge in [0.2, 0.25) is 0 Å². The fourth-order valence-corrected chi connectivity index (χ4v) is 2.50. The van der Waals surface area contributed by atoms with E-state index in [1.807, 2.05) is 60.7 Å². The largest absolute Gasteiger partial charge is 0.413 e. The number of hydrogen-bond acceptors (Lipinski definition) is 3. The molecule has 1 aliphatic rings. The maximum Gasteiger partial charge on any atom is 0.341 e. The van der Waals surface area contributed by atoms with Gasteiger partial charge in [-0.25, -0.2) is 9.79 Å². The van der Waals surface area contributed by atoms with E-state index in [2.05, 4.69) is 4.99 Å². The second kappa shape index (κ2) is 5.29. The van der Waals surface area contributed by atoms with Crippen LogP contribution in [0.2, 0.25) is 0 Å². The molecule has 2 aromatic rings. The zero-order chi connectivity index (χ0) is 13.8. The van der Waals surface area contributed by atoms with Crippen LogP contribution in [0, 0.1) is 0 Å². The summed E-state index contributed by atoms with van der Waals surface area (Å²) in [6.07, 6.45) is 2.38. The first-order valence-corrected chi connectivity index (χ1v) is 6.61. The van der Waals surface area contributed by atoms with Gasteiger partial charge in [0.05, 0.1) is 0 Å². The lowest BCUT2D eigenvalue weighted by molar-refractivity contribution is -0.138. The minimum atomic E-state index is -0.831. The Hall–Kier alpha value is -2.42. The average molecular weight is 265 g/mol. The van der Waals surface area contributed by atoms with Crippen molar-refractivity contribution in [1.82, 2.24) is 0 Å². The molecule has 100 valence electrons. The lowest BCUT2D eigenvalue weighted by Gasteiger charge is -2.22. The maximum absolute atomic E-state index is 12.2. The Morgan fingerprint density at radius 2 is 1.35 bits per heavy atom. The van der Waals surface area contributed by atoms with Crippen molar-refractivity contribution in [2.45, 2.75) is 18.4 Å². The van der Waals surface area contributed by atoms with E-state index < -0.39 is 5.54 Å². The third kappa shape index (κ3) is 2.48. The monoisotopic (exact) mass is 265 g/mol. The van der Waals surface area contributed by atoms with Crippen LogP contribution in [0.4, 0.5) is 0 Å². The number of ether oxygens (including phenoxy) is 1. The van der Waals surface area contributed by atoms with Gasteiger partial charge in [-0.15, -0.1) is 0 Å². The Morgan fingerprint density at radius 1 is 0.850 bits per heavy atom. The molecule has 20 heavy (non-hydrogen) atoms. The molecule has 0 amide bonds. The van der Waals surface area contributed by atoms with E-state index in [0.717, 1.165) is 11.1 Å². The quantitative estimate of drug-likeness (QED) is 0.797. The minimum Gasteiger partial charge on any atom is -0.413 e. The van der Waals surface area contributed by atoms with Gasteiger partial charge in [-0.1, -0.05) is 60.7 Å². The number of carbonyl (C=O) groups excluding carboxylic acids is 1. The van der Waals surface area contributed by atoms with Crippen LogP contribution in [-0.4, -0.2) is 17.9 Å². The maximum atomic E-state index is 12.2. The molecule has 0 fully saturated rings. The van der Waals surface area contributed by atoms with Gasteiger partial charge >= 0.3 is 5.97 Å². The smallest absolute Gasteiger partial charge is 0.341 e. The summed E-state index contributed by atoms with van der Waals surface area (Å²) >= 11 is 0. The second-order valence-corrected chi connectivity index (χ2v) is 5.00. The van der Waals surface area contributed by atoms with Crippen LogP contribution < -0.4 is 0 Å². The van der Waals surface area contributed by atoms with Crippen molar-refractivity contribution in [2.75, 3.05) is 0 Å². The molecule has 0 bridgehead atoms. The summed E-state index contributed by atoms with van der Waals surface area (Å²) < 4.78 is 4.98. The lowest BCUT2D eigenvalue weighted by atomic mass is 9.85. The first kappa shape index (κ1) is 12.6. The SMILES string of the molecule is O=C1OC=NC1(Cc1ccccc1)Cc1ccccc1. The van der Waals surface area contributed by atoms with Crippen LogP contribution in [0.3, 0.4) is 0 Å². The van der Waals surface area contributed by atoms with Crippen LogP contribution in [-0.2, 0) is 22.4 Å². The van der Waals surface area contributed by atoms with Crippen molar-refractivity contribution in [1.29, 1.82) is 0 Å². The number of cyclic esters (lactones) is 1. The molecule has 0 spiro atoms. The van der Waals surface area contributed by atoms with Crippen molar-refractivity contribution in [3.63, 3.8) is 0 Å². The van der Waals surface area contributed by atoms with Gasteiger partial charge in [-0.3, -0.25) is 0 Å². The van der Waals surface area contributed by atoms with Gasteiger partial charge in [-0.05, 0) is 11.1 Å². The molecular weight excluding hydrogens is 250 g/mol. The van der Waals surface area contributed by atoms with Crippen molar-refractivity contribution < 1.29 is 9.53 Å². The summed E-state index contributed by atoms with van der Waals surface area (Å²) in [5, 5.41) is 0. The molecule has 0 saturated heterocycles. The van der Waals surface area contributed by atoms with E-state index in [1.165, 1.54) is 6.40 Å². The topological polar surface area (TPSA) is 38.7 Å². The van der Waals surface area contributed by atoms with Crippen LogP contribution in [0.15, 0.2) is 65.7 Å². The zero-order valence-electron chi connectivity index (χ0n) is 11.0.